The maximum Gasteiger partial charge on any atom is 0.306 e. The molecule has 0 spiro atoms. The van der Waals surface area contributed by atoms with Crippen molar-refractivity contribution in [1.29, 1.82) is 0 Å². The first kappa shape index (κ1) is 20.3. The molecule has 0 amide bonds. The molecule has 0 bridgehead atoms. The van der Waals surface area contributed by atoms with Crippen molar-refractivity contribution >= 4 is 29.2 Å². The minimum absolute atomic E-state index is 0.0512. The van der Waals surface area contributed by atoms with Crippen LogP contribution in [0.15, 0.2) is 18.2 Å². The quantitative estimate of drug-likeness (QED) is 0.473. The van der Waals surface area contributed by atoms with E-state index in [9.17, 15) is 4.79 Å². The van der Waals surface area contributed by atoms with E-state index in [4.69, 9.17) is 32.7 Å². The monoisotopic (exact) mass is 387 g/mol. The van der Waals surface area contributed by atoms with E-state index in [2.05, 4.69) is 19.0 Å². The number of hydrogen-bond donors (Lipinski definition) is 0. The fourth-order valence-corrected chi connectivity index (χ4v) is 3.69. The molecule has 25 heavy (non-hydrogen) atoms. The van der Waals surface area contributed by atoms with Gasteiger partial charge >= 0.3 is 5.97 Å². The van der Waals surface area contributed by atoms with Gasteiger partial charge < -0.3 is 14.4 Å². The van der Waals surface area contributed by atoms with E-state index in [1.807, 2.05) is 0 Å². The Morgan fingerprint density at radius 3 is 2.72 bits per heavy atom. The zero-order valence-corrected chi connectivity index (χ0v) is 16.5. The normalized spacial score (nSPS) is 20.5. The number of nitrogens with zero attached hydrogens (tertiary/aromatic N) is 1. The lowest BCUT2D eigenvalue weighted by Gasteiger charge is -2.32. The van der Waals surface area contributed by atoms with Gasteiger partial charge in [0.05, 0.1) is 11.6 Å². The third kappa shape index (κ3) is 7.04. The molecule has 0 heterocycles. The Kier molecular flexibility index (Phi) is 8.34. The van der Waals surface area contributed by atoms with Crippen molar-refractivity contribution in [2.45, 2.75) is 44.6 Å². The SMILES string of the molecule is CN(C)C[C@H]1CCCC[C@@H]1OC(=O)CCCOc1ccc(Cl)cc1Cl. The van der Waals surface area contributed by atoms with Crippen molar-refractivity contribution in [1.82, 2.24) is 4.90 Å². The van der Waals surface area contributed by atoms with E-state index in [1.54, 1.807) is 18.2 Å². The second-order valence-corrected chi connectivity index (χ2v) is 7.71. The van der Waals surface area contributed by atoms with Crippen LogP contribution in [0.2, 0.25) is 10.0 Å². The number of hydrogen-bond acceptors (Lipinski definition) is 4. The lowest BCUT2D eigenvalue weighted by atomic mass is 9.86. The van der Waals surface area contributed by atoms with Crippen LogP contribution in [0.25, 0.3) is 0 Å². The van der Waals surface area contributed by atoms with Crippen LogP contribution >= 0.6 is 23.2 Å². The Labute approximate surface area is 160 Å². The summed E-state index contributed by atoms with van der Waals surface area (Å²) in [5, 5.41) is 1.05. The van der Waals surface area contributed by atoms with E-state index in [0.29, 0.717) is 41.2 Å². The van der Waals surface area contributed by atoms with E-state index in [1.165, 1.54) is 6.42 Å². The van der Waals surface area contributed by atoms with Crippen LogP contribution in [0.4, 0.5) is 0 Å². The van der Waals surface area contributed by atoms with Gasteiger partial charge in [0.25, 0.3) is 0 Å². The highest BCUT2D eigenvalue weighted by molar-refractivity contribution is 6.35. The molecule has 4 nitrogen and oxygen atoms in total. The molecule has 0 unspecified atom stereocenters. The summed E-state index contributed by atoms with van der Waals surface area (Å²) in [5.74, 6) is 0.885. The Bertz CT molecular complexity index is 566. The molecular weight excluding hydrogens is 361 g/mol. The summed E-state index contributed by atoms with van der Waals surface area (Å²) in [6.07, 6.45) is 5.48. The predicted molar refractivity (Wildman–Crippen MR) is 102 cm³/mol. The van der Waals surface area contributed by atoms with Gasteiger partial charge in [0, 0.05) is 23.9 Å². The second kappa shape index (κ2) is 10.2. The number of carbonyl (C=O) groups is 1. The van der Waals surface area contributed by atoms with Crippen LogP contribution in [0.3, 0.4) is 0 Å². The zero-order chi connectivity index (χ0) is 18.2. The Morgan fingerprint density at radius 2 is 2.00 bits per heavy atom. The lowest BCUT2D eigenvalue weighted by molar-refractivity contribution is -0.154. The minimum Gasteiger partial charge on any atom is -0.492 e. The zero-order valence-electron chi connectivity index (χ0n) is 15.0. The Hall–Kier alpha value is -0.970. The molecule has 140 valence electrons. The molecule has 1 saturated carbocycles. The van der Waals surface area contributed by atoms with Gasteiger partial charge in [-0.3, -0.25) is 4.79 Å². The molecule has 0 aliphatic heterocycles. The number of benzene rings is 1. The molecule has 0 N–H and O–H groups in total. The average molecular weight is 388 g/mol. The van der Waals surface area contributed by atoms with Crippen LogP contribution in [-0.4, -0.2) is 44.2 Å². The van der Waals surface area contributed by atoms with Crippen LogP contribution in [0.1, 0.15) is 38.5 Å². The van der Waals surface area contributed by atoms with Crippen molar-refractivity contribution in [2.75, 3.05) is 27.2 Å². The molecular formula is C19H27Cl2NO3. The molecule has 1 aliphatic rings. The van der Waals surface area contributed by atoms with Gasteiger partial charge in [-0.05, 0) is 58.0 Å². The summed E-state index contributed by atoms with van der Waals surface area (Å²) < 4.78 is 11.3. The fourth-order valence-electron chi connectivity index (χ4n) is 3.23. The maximum absolute atomic E-state index is 12.1. The highest BCUT2D eigenvalue weighted by Gasteiger charge is 2.28. The predicted octanol–water partition coefficient (Wildman–Crippen LogP) is 4.82. The van der Waals surface area contributed by atoms with Gasteiger partial charge in [0.15, 0.2) is 0 Å². The van der Waals surface area contributed by atoms with E-state index < -0.39 is 0 Å². The van der Waals surface area contributed by atoms with Crippen molar-refractivity contribution in [3.8, 4) is 5.75 Å². The molecule has 1 aliphatic carbocycles. The first-order valence-corrected chi connectivity index (χ1v) is 9.63. The van der Waals surface area contributed by atoms with Crippen LogP contribution in [-0.2, 0) is 9.53 Å². The molecule has 1 aromatic rings. The van der Waals surface area contributed by atoms with Crippen LogP contribution in [0, 0.1) is 5.92 Å². The summed E-state index contributed by atoms with van der Waals surface area (Å²) >= 11 is 11.9. The highest BCUT2D eigenvalue weighted by Crippen LogP contribution is 2.29. The molecule has 6 heteroatoms. The summed E-state index contributed by atoms with van der Waals surface area (Å²) in [6.45, 7) is 1.39. The van der Waals surface area contributed by atoms with Crippen molar-refractivity contribution in [3.05, 3.63) is 28.2 Å². The molecule has 0 aromatic heterocycles. The maximum atomic E-state index is 12.1. The van der Waals surface area contributed by atoms with Crippen LogP contribution in [0.5, 0.6) is 5.75 Å². The average Bonchev–Trinajstić information content (AvgIpc) is 2.54. The van der Waals surface area contributed by atoms with Crippen LogP contribution < -0.4 is 4.74 Å². The minimum atomic E-state index is -0.138. The van der Waals surface area contributed by atoms with Gasteiger partial charge in [-0.15, -0.1) is 0 Å². The summed E-state index contributed by atoms with van der Waals surface area (Å²) in [5.41, 5.74) is 0. The summed E-state index contributed by atoms with van der Waals surface area (Å²) in [7, 11) is 4.12. The van der Waals surface area contributed by atoms with Gasteiger partial charge in [-0.2, -0.15) is 0 Å². The molecule has 1 aromatic carbocycles. The number of halogens is 2. The molecule has 0 radical (unpaired) electrons. The molecule has 0 saturated heterocycles. The highest BCUT2D eigenvalue weighted by atomic mass is 35.5. The standard InChI is InChI=1S/C19H27Cl2NO3/c1-22(2)13-14-6-3-4-7-17(14)25-19(23)8-5-11-24-18-10-9-15(20)12-16(18)21/h9-10,12,14,17H,3-8,11,13H2,1-2H3/t14-,17+/m1/s1. The Morgan fingerprint density at radius 1 is 1.24 bits per heavy atom. The topological polar surface area (TPSA) is 38.8 Å². The fraction of sp³-hybridized carbons (Fsp3) is 0.632. The summed E-state index contributed by atoms with van der Waals surface area (Å²) in [6, 6.07) is 5.10. The van der Waals surface area contributed by atoms with Crippen molar-refractivity contribution in [3.63, 3.8) is 0 Å². The molecule has 2 atom stereocenters. The number of esters is 1. The van der Waals surface area contributed by atoms with Gasteiger partial charge in [0.1, 0.15) is 11.9 Å². The molecule has 2 rings (SSSR count). The Balaban J connectivity index is 1.70. The number of carbonyl (C=O) groups excluding carboxylic acids is 1. The van der Waals surface area contributed by atoms with Crippen molar-refractivity contribution < 1.29 is 14.3 Å². The van der Waals surface area contributed by atoms with E-state index in [-0.39, 0.29) is 12.1 Å². The largest absolute Gasteiger partial charge is 0.492 e. The first-order valence-electron chi connectivity index (χ1n) is 8.88. The number of ether oxygens (including phenoxy) is 2. The van der Waals surface area contributed by atoms with Gasteiger partial charge in [-0.25, -0.2) is 0 Å². The van der Waals surface area contributed by atoms with Gasteiger partial charge in [0.2, 0.25) is 0 Å². The van der Waals surface area contributed by atoms with E-state index in [0.717, 1.165) is 25.8 Å². The third-order valence-corrected chi connectivity index (χ3v) is 4.93. The molecule has 1 fully saturated rings. The smallest absolute Gasteiger partial charge is 0.306 e. The number of rotatable bonds is 8. The second-order valence-electron chi connectivity index (χ2n) is 6.86. The van der Waals surface area contributed by atoms with Gasteiger partial charge in [-0.1, -0.05) is 29.6 Å². The summed E-state index contributed by atoms with van der Waals surface area (Å²) in [4.78, 5) is 14.3. The van der Waals surface area contributed by atoms with E-state index >= 15 is 0 Å². The van der Waals surface area contributed by atoms with Crippen molar-refractivity contribution in [2.24, 2.45) is 5.92 Å². The lowest BCUT2D eigenvalue weighted by Crippen LogP contribution is -2.36. The first-order chi connectivity index (χ1) is 12.0. The third-order valence-electron chi connectivity index (χ3n) is 4.40.